The first-order valence-electron chi connectivity index (χ1n) is 6.83. The van der Waals surface area contributed by atoms with E-state index in [1.807, 2.05) is 0 Å². The van der Waals surface area contributed by atoms with Crippen molar-refractivity contribution >= 4 is 15.9 Å². The van der Waals surface area contributed by atoms with Gasteiger partial charge in [-0.2, -0.15) is 0 Å². The molecule has 0 saturated heterocycles. The molecule has 2 nitrogen and oxygen atoms in total. The van der Waals surface area contributed by atoms with Crippen molar-refractivity contribution < 1.29 is 4.74 Å². The van der Waals surface area contributed by atoms with Gasteiger partial charge in [0.25, 0.3) is 0 Å². The lowest BCUT2D eigenvalue weighted by atomic mass is 10.1. The Morgan fingerprint density at radius 2 is 2.22 bits per heavy atom. The van der Waals surface area contributed by atoms with E-state index in [-0.39, 0.29) is 6.10 Å². The Labute approximate surface area is 118 Å². The maximum absolute atomic E-state index is 6.14. The normalized spacial score (nSPS) is 18.6. The summed E-state index contributed by atoms with van der Waals surface area (Å²) in [4.78, 5) is 0. The Bertz CT molecular complexity index is 379. The van der Waals surface area contributed by atoms with E-state index in [4.69, 9.17) is 4.74 Å². The van der Waals surface area contributed by atoms with Gasteiger partial charge < -0.3 is 10.1 Å². The van der Waals surface area contributed by atoms with E-state index < -0.39 is 0 Å². The van der Waals surface area contributed by atoms with Crippen LogP contribution in [-0.2, 0) is 4.74 Å². The predicted molar refractivity (Wildman–Crippen MR) is 78.7 cm³/mol. The van der Waals surface area contributed by atoms with E-state index in [9.17, 15) is 0 Å². The van der Waals surface area contributed by atoms with Gasteiger partial charge in [0.2, 0.25) is 0 Å². The molecule has 100 valence electrons. The first kappa shape index (κ1) is 14.0. The van der Waals surface area contributed by atoms with Crippen molar-refractivity contribution in [1.29, 1.82) is 0 Å². The third-order valence-corrected chi connectivity index (χ3v) is 3.85. The van der Waals surface area contributed by atoms with Crippen LogP contribution in [0.25, 0.3) is 0 Å². The highest BCUT2D eigenvalue weighted by atomic mass is 79.9. The minimum absolute atomic E-state index is 0.151. The molecule has 2 rings (SSSR count). The fourth-order valence-electron chi connectivity index (χ4n) is 1.89. The summed E-state index contributed by atoms with van der Waals surface area (Å²) in [5.41, 5.74) is 1.25. The highest BCUT2D eigenvalue weighted by Gasteiger charge is 2.23. The van der Waals surface area contributed by atoms with Gasteiger partial charge in [0.15, 0.2) is 0 Å². The van der Waals surface area contributed by atoms with Crippen LogP contribution in [0.2, 0.25) is 0 Å². The molecule has 2 unspecified atom stereocenters. The van der Waals surface area contributed by atoms with Crippen molar-refractivity contribution in [2.24, 2.45) is 0 Å². The zero-order valence-corrected chi connectivity index (χ0v) is 12.7. The lowest BCUT2D eigenvalue weighted by molar-refractivity contribution is -0.00472. The SMILES string of the molecule is CCC(C)OC(CNC1CC1)c1cccc(Br)c1. The molecule has 0 spiro atoms. The Hall–Kier alpha value is -0.380. The van der Waals surface area contributed by atoms with Gasteiger partial charge in [0.05, 0.1) is 12.2 Å². The van der Waals surface area contributed by atoms with Crippen molar-refractivity contribution in [2.45, 2.75) is 51.4 Å². The fourth-order valence-corrected chi connectivity index (χ4v) is 2.31. The van der Waals surface area contributed by atoms with Crippen LogP contribution in [0, 0.1) is 0 Å². The van der Waals surface area contributed by atoms with E-state index in [2.05, 4.69) is 59.4 Å². The summed E-state index contributed by atoms with van der Waals surface area (Å²) < 4.78 is 7.25. The van der Waals surface area contributed by atoms with Crippen molar-refractivity contribution in [2.75, 3.05) is 6.54 Å². The Morgan fingerprint density at radius 3 is 2.83 bits per heavy atom. The number of rotatable bonds is 7. The molecule has 1 aromatic rings. The summed E-state index contributed by atoms with van der Waals surface area (Å²) >= 11 is 3.53. The van der Waals surface area contributed by atoms with E-state index in [0.717, 1.165) is 23.5 Å². The van der Waals surface area contributed by atoms with Crippen LogP contribution in [0.5, 0.6) is 0 Å². The molecule has 1 aliphatic carbocycles. The summed E-state index contributed by atoms with van der Waals surface area (Å²) in [5, 5.41) is 3.56. The molecule has 1 N–H and O–H groups in total. The fraction of sp³-hybridized carbons (Fsp3) is 0.600. The van der Waals surface area contributed by atoms with Crippen LogP contribution in [-0.4, -0.2) is 18.7 Å². The van der Waals surface area contributed by atoms with E-state index in [0.29, 0.717) is 6.10 Å². The van der Waals surface area contributed by atoms with Gasteiger partial charge in [-0.3, -0.25) is 0 Å². The van der Waals surface area contributed by atoms with Gasteiger partial charge in [-0.05, 0) is 43.9 Å². The molecule has 0 aromatic heterocycles. The molecule has 1 saturated carbocycles. The first-order chi connectivity index (χ1) is 8.69. The van der Waals surface area contributed by atoms with Crippen molar-refractivity contribution in [1.82, 2.24) is 5.32 Å². The van der Waals surface area contributed by atoms with Crippen LogP contribution >= 0.6 is 15.9 Å². The standard InChI is InChI=1S/C15H22BrNO/c1-3-11(2)18-15(10-17-14-7-8-14)12-5-4-6-13(16)9-12/h4-6,9,11,14-15,17H,3,7-8,10H2,1-2H3. The molecule has 1 fully saturated rings. The van der Waals surface area contributed by atoms with E-state index in [1.54, 1.807) is 0 Å². The molecule has 3 heteroatoms. The summed E-state index contributed by atoms with van der Waals surface area (Å²) in [6.07, 6.45) is 4.13. The molecule has 2 atom stereocenters. The monoisotopic (exact) mass is 311 g/mol. The van der Waals surface area contributed by atoms with Crippen LogP contribution < -0.4 is 5.32 Å². The number of hydrogen-bond acceptors (Lipinski definition) is 2. The highest BCUT2D eigenvalue weighted by molar-refractivity contribution is 9.10. The van der Waals surface area contributed by atoms with E-state index >= 15 is 0 Å². The van der Waals surface area contributed by atoms with Crippen molar-refractivity contribution in [3.8, 4) is 0 Å². The molecule has 1 aromatic carbocycles. The predicted octanol–water partition coefficient (Wildman–Crippen LogP) is 4.06. The second kappa shape index (κ2) is 6.69. The summed E-state index contributed by atoms with van der Waals surface area (Å²) in [7, 11) is 0. The van der Waals surface area contributed by atoms with Gasteiger partial charge in [0.1, 0.15) is 0 Å². The Kier molecular flexibility index (Phi) is 5.22. The molecular weight excluding hydrogens is 290 g/mol. The van der Waals surface area contributed by atoms with Gasteiger partial charge >= 0.3 is 0 Å². The van der Waals surface area contributed by atoms with Crippen LogP contribution in [0.1, 0.15) is 44.8 Å². The van der Waals surface area contributed by atoms with Gasteiger partial charge in [-0.25, -0.2) is 0 Å². The maximum Gasteiger partial charge on any atom is 0.0953 e. The highest BCUT2D eigenvalue weighted by Crippen LogP contribution is 2.25. The second-order valence-corrected chi connectivity index (χ2v) is 6.00. The first-order valence-corrected chi connectivity index (χ1v) is 7.62. The van der Waals surface area contributed by atoms with Crippen LogP contribution in [0.15, 0.2) is 28.7 Å². The van der Waals surface area contributed by atoms with Gasteiger partial charge in [-0.15, -0.1) is 0 Å². The smallest absolute Gasteiger partial charge is 0.0953 e. The number of benzene rings is 1. The minimum Gasteiger partial charge on any atom is -0.369 e. The van der Waals surface area contributed by atoms with E-state index in [1.165, 1.54) is 18.4 Å². The number of ether oxygens (including phenoxy) is 1. The maximum atomic E-state index is 6.14. The molecule has 0 heterocycles. The van der Waals surface area contributed by atoms with Crippen molar-refractivity contribution in [3.63, 3.8) is 0 Å². The van der Waals surface area contributed by atoms with Crippen LogP contribution in [0.3, 0.4) is 0 Å². The molecule has 0 aliphatic heterocycles. The summed E-state index contributed by atoms with van der Waals surface area (Å²) in [6.45, 7) is 5.21. The summed E-state index contributed by atoms with van der Waals surface area (Å²) in [5.74, 6) is 0. The number of nitrogens with one attached hydrogen (secondary N) is 1. The zero-order valence-electron chi connectivity index (χ0n) is 11.2. The third kappa shape index (κ3) is 4.38. The quantitative estimate of drug-likeness (QED) is 0.820. The summed E-state index contributed by atoms with van der Waals surface area (Å²) in [6, 6.07) is 9.15. The molecule has 0 bridgehead atoms. The van der Waals surface area contributed by atoms with Crippen molar-refractivity contribution in [3.05, 3.63) is 34.3 Å². The Morgan fingerprint density at radius 1 is 1.44 bits per heavy atom. The van der Waals surface area contributed by atoms with Gasteiger partial charge in [0, 0.05) is 17.1 Å². The largest absolute Gasteiger partial charge is 0.369 e. The average molecular weight is 312 g/mol. The number of hydrogen-bond donors (Lipinski definition) is 1. The number of halogens is 1. The van der Waals surface area contributed by atoms with Crippen LogP contribution in [0.4, 0.5) is 0 Å². The topological polar surface area (TPSA) is 21.3 Å². The third-order valence-electron chi connectivity index (χ3n) is 3.36. The molecular formula is C15H22BrNO. The lowest BCUT2D eigenvalue weighted by Crippen LogP contribution is -2.27. The molecule has 0 radical (unpaired) electrons. The zero-order chi connectivity index (χ0) is 13.0. The molecule has 18 heavy (non-hydrogen) atoms. The lowest BCUT2D eigenvalue weighted by Gasteiger charge is -2.23. The Balaban J connectivity index is 2.01. The molecule has 1 aliphatic rings. The minimum atomic E-state index is 0.151. The van der Waals surface area contributed by atoms with Gasteiger partial charge in [-0.1, -0.05) is 35.0 Å². The second-order valence-electron chi connectivity index (χ2n) is 5.08. The average Bonchev–Trinajstić information content (AvgIpc) is 3.18. The molecule has 0 amide bonds.